The van der Waals surface area contributed by atoms with Gasteiger partial charge in [-0.25, -0.2) is 13.1 Å². The predicted molar refractivity (Wildman–Crippen MR) is 67.8 cm³/mol. The zero-order valence-corrected chi connectivity index (χ0v) is 11.3. The van der Waals surface area contributed by atoms with Crippen molar-refractivity contribution in [3.63, 3.8) is 0 Å². The third kappa shape index (κ3) is 2.82. The van der Waals surface area contributed by atoms with Crippen molar-refractivity contribution >= 4 is 27.5 Å². The normalized spacial score (nSPS) is 20.4. The van der Waals surface area contributed by atoms with E-state index in [-0.39, 0.29) is 23.3 Å². The number of carbonyl (C=O) groups excluding carboxylic acids is 1. The molecule has 18 heavy (non-hydrogen) atoms. The van der Waals surface area contributed by atoms with E-state index in [1.165, 1.54) is 17.0 Å². The van der Waals surface area contributed by atoms with Crippen LogP contribution in [0.5, 0.6) is 0 Å². The molecule has 1 saturated heterocycles. The largest absolute Gasteiger partial charge is 0.344 e. The van der Waals surface area contributed by atoms with Crippen molar-refractivity contribution in [2.75, 3.05) is 13.6 Å². The van der Waals surface area contributed by atoms with Gasteiger partial charge in [0.05, 0.1) is 4.90 Å². The van der Waals surface area contributed by atoms with E-state index in [0.717, 1.165) is 0 Å². The fraction of sp³-hybridized carbons (Fsp3) is 0.364. The van der Waals surface area contributed by atoms with Crippen LogP contribution in [0, 0.1) is 0 Å². The number of hydrogen-bond acceptors (Lipinski definition) is 3. The number of nitrogens with zero attached hydrogens (tertiary/aromatic N) is 1. The van der Waals surface area contributed by atoms with E-state index in [0.29, 0.717) is 11.6 Å². The minimum atomic E-state index is -3.63. The van der Waals surface area contributed by atoms with Gasteiger partial charge in [-0.05, 0) is 18.2 Å². The molecule has 98 valence electrons. The van der Waals surface area contributed by atoms with Crippen LogP contribution < -0.4 is 4.72 Å². The SMILES string of the molecule is CN1C[C@H](NS(=O)(=O)c2cccc(Cl)c2)CC1=O. The van der Waals surface area contributed by atoms with E-state index < -0.39 is 10.0 Å². The quantitative estimate of drug-likeness (QED) is 0.897. The summed E-state index contributed by atoms with van der Waals surface area (Å²) in [4.78, 5) is 12.9. The van der Waals surface area contributed by atoms with Crippen molar-refractivity contribution in [2.45, 2.75) is 17.4 Å². The Morgan fingerprint density at radius 1 is 1.44 bits per heavy atom. The van der Waals surface area contributed by atoms with Gasteiger partial charge in [0.1, 0.15) is 0 Å². The molecule has 0 aromatic heterocycles. The van der Waals surface area contributed by atoms with Crippen LogP contribution in [0.4, 0.5) is 0 Å². The smallest absolute Gasteiger partial charge is 0.240 e. The summed E-state index contributed by atoms with van der Waals surface area (Å²) in [5.41, 5.74) is 0. The monoisotopic (exact) mass is 288 g/mol. The van der Waals surface area contributed by atoms with E-state index in [9.17, 15) is 13.2 Å². The number of nitrogens with one attached hydrogen (secondary N) is 1. The van der Waals surface area contributed by atoms with Crippen LogP contribution in [0.25, 0.3) is 0 Å². The van der Waals surface area contributed by atoms with Crippen molar-refractivity contribution < 1.29 is 13.2 Å². The third-order valence-electron chi connectivity index (χ3n) is 2.77. The average Bonchev–Trinajstić information content (AvgIpc) is 2.57. The van der Waals surface area contributed by atoms with Gasteiger partial charge >= 0.3 is 0 Å². The van der Waals surface area contributed by atoms with Crippen molar-refractivity contribution in [2.24, 2.45) is 0 Å². The topological polar surface area (TPSA) is 66.5 Å². The zero-order valence-electron chi connectivity index (χ0n) is 9.76. The highest BCUT2D eigenvalue weighted by Gasteiger charge is 2.30. The number of likely N-dealkylation sites (tertiary alicyclic amines) is 1. The second-order valence-corrected chi connectivity index (χ2v) is 6.40. The first-order valence-electron chi connectivity index (χ1n) is 5.40. The summed E-state index contributed by atoms with van der Waals surface area (Å²) >= 11 is 5.76. The number of hydrogen-bond donors (Lipinski definition) is 1. The number of amides is 1. The number of benzene rings is 1. The molecule has 0 saturated carbocycles. The molecule has 1 aromatic rings. The first-order valence-corrected chi connectivity index (χ1v) is 7.26. The summed E-state index contributed by atoms with van der Waals surface area (Å²) in [6, 6.07) is 5.64. The van der Waals surface area contributed by atoms with Crippen molar-refractivity contribution in [3.8, 4) is 0 Å². The van der Waals surface area contributed by atoms with Crippen LogP contribution in [0.2, 0.25) is 5.02 Å². The number of halogens is 1. The molecule has 2 rings (SSSR count). The molecular weight excluding hydrogens is 276 g/mol. The molecule has 1 atom stereocenters. The van der Waals surface area contributed by atoms with Crippen LogP contribution in [0.15, 0.2) is 29.2 Å². The van der Waals surface area contributed by atoms with E-state index in [1.54, 1.807) is 19.2 Å². The molecule has 0 spiro atoms. The van der Waals surface area contributed by atoms with Crippen molar-refractivity contribution in [1.29, 1.82) is 0 Å². The number of sulfonamides is 1. The molecule has 0 radical (unpaired) electrons. The maximum absolute atomic E-state index is 12.1. The fourth-order valence-electron chi connectivity index (χ4n) is 1.86. The Balaban J connectivity index is 2.16. The molecular formula is C11H13ClN2O3S. The van der Waals surface area contributed by atoms with Crippen LogP contribution in [-0.2, 0) is 14.8 Å². The first kappa shape index (κ1) is 13.3. The molecule has 1 N–H and O–H groups in total. The van der Waals surface area contributed by atoms with E-state index in [4.69, 9.17) is 11.6 Å². The summed E-state index contributed by atoms with van der Waals surface area (Å²) in [5.74, 6) is -0.0613. The molecule has 5 nitrogen and oxygen atoms in total. The Bertz CT molecular complexity index is 573. The van der Waals surface area contributed by atoms with Gasteiger partial charge in [0.25, 0.3) is 0 Å². The summed E-state index contributed by atoms with van der Waals surface area (Å²) in [7, 11) is -1.98. The van der Waals surface area contributed by atoms with Crippen LogP contribution in [-0.4, -0.2) is 38.9 Å². The van der Waals surface area contributed by atoms with Gasteiger partial charge in [-0.3, -0.25) is 4.79 Å². The fourth-order valence-corrected chi connectivity index (χ4v) is 3.39. The molecule has 7 heteroatoms. The highest BCUT2D eigenvalue weighted by Crippen LogP contribution is 2.17. The number of likely N-dealkylation sites (N-methyl/N-ethyl adjacent to an activating group) is 1. The van der Waals surface area contributed by atoms with Crippen LogP contribution in [0.3, 0.4) is 0 Å². The van der Waals surface area contributed by atoms with Gasteiger partial charge in [0, 0.05) is 31.1 Å². The number of rotatable bonds is 3. The maximum atomic E-state index is 12.1. The van der Waals surface area contributed by atoms with Gasteiger partial charge in [0.2, 0.25) is 15.9 Å². The van der Waals surface area contributed by atoms with E-state index in [1.807, 2.05) is 0 Å². The second kappa shape index (κ2) is 4.87. The van der Waals surface area contributed by atoms with Gasteiger partial charge in [-0.15, -0.1) is 0 Å². The standard InChI is InChI=1S/C11H13ClN2O3S/c1-14-7-9(6-11(14)15)13-18(16,17)10-4-2-3-8(12)5-10/h2-5,9,13H,6-7H2,1H3/t9-/m1/s1. The maximum Gasteiger partial charge on any atom is 0.240 e. The molecule has 1 amide bonds. The molecule has 1 heterocycles. The summed E-state index contributed by atoms with van der Waals surface area (Å²) < 4.78 is 26.6. The third-order valence-corrected chi connectivity index (χ3v) is 4.52. The summed E-state index contributed by atoms with van der Waals surface area (Å²) in [5, 5.41) is 0.359. The Kier molecular flexibility index (Phi) is 3.61. The molecule has 0 unspecified atom stereocenters. The van der Waals surface area contributed by atoms with Crippen LogP contribution in [0.1, 0.15) is 6.42 Å². The molecule has 1 fully saturated rings. The van der Waals surface area contributed by atoms with Crippen molar-refractivity contribution in [1.82, 2.24) is 9.62 Å². The molecule has 1 aliphatic heterocycles. The lowest BCUT2D eigenvalue weighted by molar-refractivity contribution is -0.126. The minimum Gasteiger partial charge on any atom is -0.344 e. The average molecular weight is 289 g/mol. The second-order valence-electron chi connectivity index (χ2n) is 4.25. The van der Waals surface area contributed by atoms with E-state index >= 15 is 0 Å². The van der Waals surface area contributed by atoms with E-state index in [2.05, 4.69) is 4.72 Å². The van der Waals surface area contributed by atoms with Gasteiger partial charge in [-0.2, -0.15) is 0 Å². The minimum absolute atomic E-state index is 0.0613. The zero-order chi connectivity index (χ0) is 13.3. The van der Waals surface area contributed by atoms with Crippen molar-refractivity contribution in [3.05, 3.63) is 29.3 Å². The Morgan fingerprint density at radius 2 is 2.17 bits per heavy atom. The Labute approximate surface area is 111 Å². The lowest BCUT2D eigenvalue weighted by atomic mass is 10.3. The summed E-state index contributed by atoms with van der Waals surface area (Å²) in [6.07, 6.45) is 0.191. The first-order chi connectivity index (χ1) is 8.38. The molecule has 0 aliphatic carbocycles. The van der Waals surface area contributed by atoms with Gasteiger partial charge in [-0.1, -0.05) is 17.7 Å². The Morgan fingerprint density at radius 3 is 2.72 bits per heavy atom. The molecule has 1 aliphatic rings. The lowest BCUT2D eigenvalue weighted by Crippen LogP contribution is -2.36. The summed E-state index contributed by atoms with van der Waals surface area (Å²) in [6.45, 7) is 0.388. The predicted octanol–water partition coefficient (Wildman–Crippen LogP) is 0.849. The van der Waals surface area contributed by atoms with Gasteiger partial charge < -0.3 is 4.90 Å². The highest BCUT2D eigenvalue weighted by molar-refractivity contribution is 7.89. The lowest BCUT2D eigenvalue weighted by Gasteiger charge is -2.13. The molecule has 1 aromatic carbocycles. The molecule has 0 bridgehead atoms. The van der Waals surface area contributed by atoms with Crippen LogP contribution >= 0.6 is 11.6 Å². The number of carbonyl (C=O) groups is 1. The van der Waals surface area contributed by atoms with Gasteiger partial charge in [0.15, 0.2) is 0 Å². The Hall–Kier alpha value is -1.11. The highest BCUT2D eigenvalue weighted by atomic mass is 35.5.